The highest BCUT2D eigenvalue weighted by Crippen LogP contribution is 2.34. The minimum atomic E-state index is -0.474. The molecule has 1 fully saturated rings. The van der Waals surface area contributed by atoms with Crippen LogP contribution in [0.15, 0.2) is 40.2 Å². The first-order valence-electron chi connectivity index (χ1n) is 7.08. The number of nitrogens with zero attached hydrogens (tertiary/aromatic N) is 3. The molecule has 0 spiro atoms. The van der Waals surface area contributed by atoms with E-state index in [1.807, 2.05) is 0 Å². The maximum absolute atomic E-state index is 13.8. The molecule has 0 atom stereocenters. The number of fused-ring (bicyclic) bond motifs is 1. The monoisotopic (exact) mass is 300 g/mol. The summed E-state index contributed by atoms with van der Waals surface area (Å²) < 4.78 is 16.4. The van der Waals surface area contributed by atoms with E-state index in [-0.39, 0.29) is 18.1 Å². The van der Waals surface area contributed by atoms with E-state index >= 15 is 0 Å². The predicted octanol–water partition coefficient (Wildman–Crippen LogP) is 1.41. The molecule has 22 heavy (non-hydrogen) atoms. The second-order valence-electron chi connectivity index (χ2n) is 5.47. The molecule has 1 aliphatic carbocycles. The number of aromatic nitrogens is 4. The van der Waals surface area contributed by atoms with Gasteiger partial charge in [0.2, 0.25) is 0 Å². The zero-order valence-corrected chi connectivity index (χ0v) is 11.6. The number of hydrogen-bond donors (Lipinski definition) is 1. The molecule has 2 heterocycles. The summed E-state index contributed by atoms with van der Waals surface area (Å²) in [7, 11) is 0. The van der Waals surface area contributed by atoms with Crippen molar-refractivity contribution in [1.82, 2.24) is 19.1 Å². The van der Waals surface area contributed by atoms with Crippen LogP contribution in [0.2, 0.25) is 0 Å². The Bertz CT molecular complexity index is 981. The summed E-state index contributed by atoms with van der Waals surface area (Å²) in [5.74, 6) is -0.434. The van der Waals surface area contributed by atoms with E-state index in [9.17, 15) is 14.0 Å². The van der Waals surface area contributed by atoms with Crippen molar-refractivity contribution >= 4 is 11.2 Å². The highest BCUT2D eigenvalue weighted by atomic mass is 19.1. The van der Waals surface area contributed by atoms with E-state index in [2.05, 4.69) is 9.97 Å². The molecule has 0 bridgehead atoms. The lowest BCUT2D eigenvalue weighted by atomic mass is 10.2. The number of benzene rings is 1. The molecular weight excluding hydrogens is 287 g/mol. The maximum atomic E-state index is 13.8. The van der Waals surface area contributed by atoms with E-state index in [1.54, 1.807) is 18.2 Å². The van der Waals surface area contributed by atoms with Gasteiger partial charge >= 0.3 is 5.69 Å². The Hall–Kier alpha value is -2.70. The van der Waals surface area contributed by atoms with E-state index in [0.717, 1.165) is 17.4 Å². The van der Waals surface area contributed by atoms with Crippen LogP contribution < -0.4 is 11.2 Å². The van der Waals surface area contributed by atoms with Crippen molar-refractivity contribution in [1.29, 1.82) is 0 Å². The van der Waals surface area contributed by atoms with Gasteiger partial charge in [-0.2, -0.15) is 0 Å². The topological polar surface area (TPSA) is 72.7 Å². The van der Waals surface area contributed by atoms with Crippen LogP contribution in [-0.4, -0.2) is 19.1 Å². The molecule has 4 rings (SSSR count). The average molecular weight is 300 g/mol. The van der Waals surface area contributed by atoms with Crippen molar-refractivity contribution in [2.45, 2.75) is 25.4 Å². The minimum Gasteiger partial charge on any atom is -0.339 e. The number of imidazole rings is 1. The summed E-state index contributed by atoms with van der Waals surface area (Å²) >= 11 is 0. The fourth-order valence-corrected chi connectivity index (χ4v) is 2.67. The molecule has 0 aliphatic heterocycles. The summed E-state index contributed by atoms with van der Waals surface area (Å²) in [4.78, 5) is 32.0. The van der Waals surface area contributed by atoms with Crippen molar-refractivity contribution in [2.24, 2.45) is 0 Å². The summed E-state index contributed by atoms with van der Waals surface area (Å²) in [6.45, 7) is -0.0913. The zero-order chi connectivity index (χ0) is 15.3. The van der Waals surface area contributed by atoms with Gasteiger partial charge in [0, 0.05) is 11.6 Å². The third-order valence-electron chi connectivity index (χ3n) is 3.94. The lowest BCUT2D eigenvalue weighted by Crippen LogP contribution is -2.40. The van der Waals surface area contributed by atoms with Crippen LogP contribution in [0.5, 0.6) is 0 Å². The number of aromatic amines is 1. The number of rotatable bonds is 3. The Labute approximate surface area is 123 Å². The van der Waals surface area contributed by atoms with Crippen molar-refractivity contribution in [3.63, 3.8) is 0 Å². The highest BCUT2D eigenvalue weighted by Gasteiger charge is 2.29. The molecule has 2 aromatic heterocycles. The Morgan fingerprint density at radius 3 is 2.77 bits per heavy atom. The van der Waals surface area contributed by atoms with E-state index in [0.29, 0.717) is 11.2 Å². The fraction of sp³-hybridized carbons (Fsp3) is 0.267. The summed E-state index contributed by atoms with van der Waals surface area (Å²) in [6, 6.07) is 6.21. The molecule has 3 aromatic rings. The average Bonchev–Trinajstić information content (AvgIpc) is 3.21. The van der Waals surface area contributed by atoms with Crippen LogP contribution in [0, 0.1) is 5.82 Å². The molecule has 0 unspecified atom stereocenters. The molecule has 7 heteroatoms. The van der Waals surface area contributed by atoms with Gasteiger partial charge in [0.15, 0.2) is 5.65 Å². The quantitative estimate of drug-likeness (QED) is 0.795. The van der Waals surface area contributed by atoms with Crippen molar-refractivity contribution in [3.8, 4) is 0 Å². The molecule has 0 amide bonds. The molecule has 6 nitrogen and oxygen atoms in total. The van der Waals surface area contributed by atoms with Gasteiger partial charge in [-0.1, -0.05) is 18.2 Å². The number of halogens is 1. The maximum Gasteiger partial charge on any atom is 0.333 e. The smallest absolute Gasteiger partial charge is 0.333 e. The van der Waals surface area contributed by atoms with Gasteiger partial charge in [-0.3, -0.25) is 13.9 Å². The van der Waals surface area contributed by atoms with Gasteiger partial charge < -0.3 is 4.98 Å². The lowest BCUT2D eigenvalue weighted by Gasteiger charge is -2.11. The molecule has 1 saturated carbocycles. The van der Waals surface area contributed by atoms with Gasteiger partial charge in [0.05, 0.1) is 12.9 Å². The Morgan fingerprint density at radius 2 is 2.05 bits per heavy atom. The SMILES string of the molecule is O=c1c2[nH]cnc2n(C2CC2)c(=O)n1Cc1ccccc1F. The molecule has 112 valence electrons. The fourth-order valence-electron chi connectivity index (χ4n) is 2.67. The third kappa shape index (κ3) is 1.89. The molecule has 1 N–H and O–H groups in total. The molecule has 0 saturated heterocycles. The van der Waals surface area contributed by atoms with E-state index in [4.69, 9.17) is 0 Å². The second kappa shape index (κ2) is 4.66. The highest BCUT2D eigenvalue weighted by molar-refractivity contribution is 5.69. The first-order valence-corrected chi connectivity index (χ1v) is 7.08. The van der Waals surface area contributed by atoms with Crippen LogP contribution >= 0.6 is 0 Å². The molecule has 0 radical (unpaired) electrons. The van der Waals surface area contributed by atoms with Crippen LogP contribution in [0.4, 0.5) is 4.39 Å². The molecule has 1 aliphatic rings. The Kier molecular flexibility index (Phi) is 2.75. The third-order valence-corrected chi connectivity index (χ3v) is 3.94. The van der Waals surface area contributed by atoms with Gasteiger partial charge in [0.25, 0.3) is 5.56 Å². The Balaban J connectivity index is 1.96. The van der Waals surface area contributed by atoms with Crippen molar-refractivity contribution in [2.75, 3.05) is 0 Å². The van der Waals surface area contributed by atoms with Crippen LogP contribution in [0.1, 0.15) is 24.4 Å². The van der Waals surface area contributed by atoms with Crippen LogP contribution in [0.3, 0.4) is 0 Å². The number of H-pyrrole nitrogens is 1. The van der Waals surface area contributed by atoms with Gasteiger partial charge in [0.1, 0.15) is 11.3 Å². The minimum absolute atomic E-state index is 0.0748. The first-order chi connectivity index (χ1) is 10.7. The van der Waals surface area contributed by atoms with Crippen molar-refractivity contribution < 1.29 is 4.39 Å². The van der Waals surface area contributed by atoms with Gasteiger partial charge in [-0.25, -0.2) is 14.2 Å². The molecule has 1 aromatic carbocycles. The second-order valence-corrected chi connectivity index (χ2v) is 5.47. The summed E-state index contributed by atoms with van der Waals surface area (Å²) in [5.41, 5.74) is 0.0565. The standard InChI is InChI=1S/C15H13FN4O2/c16-11-4-2-1-3-9(11)7-19-14(21)12-13(18-8-17-12)20(15(19)22)10-5-6-10/h1-4,8,10H,5-7H2,(H,17,18). The normalized spacial score (nSPS) is 14.6. The predicted molar refractivity (Wildman–Crippen MR) is 78.4 cm³/mol. The van der Waals surface area contributed by atoms with Gasteiger partial charge in [-0.05, 0) is 18.9 Å². The first kappa shape index (κ1) is 13.0. The summed E-state index contributed by atoms with van der Waals surface area (Å²) in [5, 5.41) is 0. The largest absolute Gasteiger partial charge is 0.339 e. The summed E-state index contributed by atoms with van der Waals surface area (Å²) in [6.07, 6.45) is 3.18. The van der Waals surface area contributed by atoms with Gasteiger partial charge in [-0.15, -0.1) is 0 Å². The van der Waals surface area contributed by atoms with Crippen LogP contribution in [0.25, 0.3) is 11.2 Å². The van der Waals surface area contributed by atoms with Crippen LogP contribution in [-0.2, 0) is 6.54 Å². The van der Waals surface area contributed by atoms with Crippen molar-refractivity contribution in [3.05, 3.63) is 62.8 Å². The van der Waals surface area contributed by atoms with E-state index in [1.165, 1.54) is 17.0 Å². The zero-order valence-electron chi connectivity index (χ0n) is 11.6. The lowest BCUT2D eigenvalue weighted by molar-refractivity contribution is 0.571. The number of hydrogen-bond acceptors (Lipinski definition) is 3. The number of nitrogens with one attached hydrogen (secondary N) is 1. The molecular formula is C15H13FN4O2. The Morgan fingerprint density at radius 1 is 1.27 bits per heavy atom. The van der Waals surface area contributed by atoms with E-state index < -0.39 is 17.1 Å².